The molecule has 1 N–H and O–H groups in total. The molecule has 2 aromatic carbocycles. The van der Waals surface area contributed by atoms with Gasteiger partial charge in [0.1, 0.15) is 0 Å². The zero-order valence-corrected chi connectivity index (χ0v) is 14.1. The molecule has 0 atom stereocenters. The summed E-state index contributed by atoms with van der Waals surface area (Å²) in [4.78, 5) is 22.4. The Morgan fingerprint density at radius 3 is 2.64 bits per heavy atom. The van der Waals surface area contributed by atoms with Crippen LogP contribution in [0.2, 0.25) is 6.32 Å². The average Bonchev–Trinajstić information content (AvgIpc) is 2.69. The summed E-state index contributed by atoms with van der Waals surface area (Å²) in [5, 5.41) is 2.86. The predicted octanol–water partition coefficient (Wildman–Crippen LogP) is 2.18. The van der Waals surface area contributed by atoms with Crippen LogP contribution >= 0.6 is 0 Å². The average molecular weight is 339 g/mol. The summed E-state index contributed by atoms with van der Waals surface area (Å²) >= 11 is 0. The highest BCUT2D eigenvalue weighted by Gasteiger charge is 2.23. The third-order valence-electron chi connectivity index (χ3n) is 4.07. The van der Waals surface area contributed by atoms with Gasteiger partial charge >= 0.3 is 6.92 Å². The molecule has 1 heterocycles. The van der Waals surface area contributed by atoms with Crippen LogP contribution in [-0.2, 0) is 21.0 Å². The Morgan fingerprint density at radius 2 is 1.92 bits per heavy atom. The van der Waals surface area contributed by atoms with Crippen LogP contribution < -0.4 is 10.8 Å². The van der Waals surface area contributed by atoms with Gasteiger partial charge in [-0.15, -0.1) is 0 Å². The van der Waals surface area contributed by atoms with E-state index in [1.807, 2.05) is 54.6 Å². The summed E-state index contributed by atoms with van der Waals surface area (Å²) in [5.41, 5.74) is 2.78. The number of ether oxygens (including phenoxy) is 1. The molecule has 1 aliphatic heterocycles. The van der Waals surface area contributed by atoms with E-state index >= 15 is 0 Å². The smallest absolute Gasteiger partial charge is 0.372 e. The van der Waals surface area contributed by atoms with Crippen molar-refractivity contribution >= 4 is 18.3 Å². The highest BCUT2D eigenvalue weighted by Crippen LogP contribution is 2.09. The number of carbonyl (C=O) groups is 1. The number of carbonyl (C=O) groups excluding carboxylic acids is 1. The monoisotopic (exact) mass is 339 g/mol. The summed E-state index contributed by atoms with van der Waals surface area (Å²) in [6.07, 6.45) is 1.92. The molecule has 0 aliphatic carbocycles. The normalized spacial score (nSPS) is 14.3. The van der Waals surface area contributed by atoms with Gasteiger partial charge in [0, 0.05) is 12.1 Å². The van der Waals surface area contributed by atoms with Crippen LogP contribution in [-0.4, -0.2) is 32.6 Å². The SMILES string of the molecule is O=C(NCCOCc1ccccc1)c1ccc(B2CCCOO2)cc1. The molecule has 2 aromatic rings. The number of nitrogens with one attached hydrogen (secondary N) is 1. The van der Waals surface area contributed by atoms with Crippen LogP contribution in [0.15, 0.2) is 54.6 Å². The second-order valence-corrected chi connectivity index (χ2v) is 5.97. The zero-order valence-electron chi connectivity index (χ0n) is 14.1. The second kappa shape index (κ2) is 9.37. The Kier molecular flexibility index (Phi) is 6.62. The molecular formula is C19H22BNO4. The third-order valence-corrected chi connectivity index (χ3v) is 4.07. The predicted molar refractivity (Wildman–Crippen MR) is 96.7 cm³/mol. The van der Waals surface area contributed by atoms with Crippen LogP contribution in [0.5, 0.6) is 0 Å². The summed E-state index contributed by atoms with van der Waals surface area (Å²) in [6, 6.07) is 17.4. The van der Waals surface area contributed by atoms with Crippen molar-refractivity contribution in [2.45, 2.75) is 19.3 Å². The fraction of sp³-hybridized carbons (Fsp3) is 0.316. The van der Waals surface area contributed by atoms with E-state index in [0.717, 1.165) is 23.8 Å². The number of benzene rings is 2. The highest BCUT2D eigenvalue weighted by atomic mass is 17.2. The van der Waals surface area contributed by atoms with Crippen molar-refractivity contribution in [2.75, 3.05) is 19.8 Å². The summed E-state index contributed by atoms with van der Waals surface area (Å²) in [6.45, 7) is 2.11. The van der Waals surface area contributed by atoms with Gasteiger partial charge in [0.05, 0.1) is 19.8 Å². The first-order chi connectivity index (χ1) is 12.3. The van der Waals surface area contributed by atoms with E-state index < -0.39 is 0 Å². The second-order valence-electron chi connectivity index (χ2n) is 5.97. The molecule has 130 valence electrons. The standard InChI is InChI=1S/C19H22BNO4/c22-19(21-12-14-23-15-16-5-2-1-3-6-16)17-7-9-18(10-8-17)20-11-4-13-24-25-20/h1-3,5-10H,4,11-15H2,(H,21,22). The third kappa shape index (κ3) is 5.42. The van der Waals surface area contributed by atoms with Crippen LogP contribution in [0.3, 0.4) is 0 Å². The molecule has 25 heavy (non-hydrogen) atoms. The van der Waals surface area contributed by atoms with Crippen molar-refractivity contribution in [3.63, 3.8) is 0 Å². The van der Waals surface area contributed by atoms with Crippen molar-refractivity contribution in [2.24, 2.45) is 0 Å². The molecule has 0 radical (unpaired) electrons. The van der Waals surface area contributed by atoms with Gasteiger partial charge in [-0.3, -0.25) is 14.5 Å². The maximum absolute atomic E-state index is 12.1. The summed E-state index contributed by atoms with van der Waals surface area (Å²) in [5.74, 6) is -0.101. The van der Waals surface area contributed by atoms with Crippen molar-refractivity contribution < 1.29 is 19.2 Å². The molecule has 1 aliphatic rings. The van der Waals surface area contributed by atoms with Gasteiger partial charge < -0.3 is 10.1 Å². The van der Waals surface area contributed by atoms with Crippen molar-refractivity contribution in [3.8, 4) is 0 Å². The minimum absolute atomic E-state index is 0.0442. The molecule has 3 rings (SSSR count). The molecule has 5 nitrogen and oxygen atoms in total. The summed E-state index contributed by atoms with van der Waals surface area (Å²) < 4.78 is 5.56. The van der Waals surface area contributed by atoms with E-state index in [2.05, 4.69) is 5.32 Å². The Morgan fingerprint density at radius 1 is 1.12 bits per heavy atom. The van der Waals surface area contributed by atoms with Gasteiger partial charge in [-0.05, 0) is 35.9 Å². The Bertz CT molecular complexity index is 657. The first-order valence-electron chi connectivity index (χ1n) is 8.61. The van der Waals surface area contributed by atoms with E-state index in [0.29, 0.717) is 31.9 Å². The van der Waals surface area contributed by atoms with E-state index in [4.69, 9.17) is 14.4 Å². The van der Waals surface area contributed by atoms with Crippen LogP contribution in [0.4, 0.5) is 0 Å². The highest BCUT2D eigenvalue weighted by molar-refractivity contribution is 6.67. The van der Waals surface area contributed by atoms with Crippen LogP contribution in [0.1, 0.15) is 22.3 Å². The fourth-order valence-electron chi connectivity index (χ4n) is 2.68. The molecule has 6 heteroatoms. The lowest BCUT2D eigenvalue weighted by molar-refractivity contribution is -0.220. The van der Waals surface area contributed by atoms with Crippen molar-refractivity contribution in [1.29, 1.82) is 0 Å². The molecule has 1 fully saturated rings. The van der Waals surface area contributed by atoms with Crippen molar-refractivity contribution in [3.05, 3.63) is 65.7 Å². The van der Waals surface area contributed by atoms with Gasteiger partial charge in [0.15, 0.2) is 0 Å². The van der Waals surface area contributed by atoms with Crippen molar-refractivity contribution in [1.82, 2.24) is 5.32 Å². The van der Waals surface area contributed by atoms with Gasteiger partial charge in [-0.2, -0.15) is 0 Å². The minimum Gasteiger partial charge on any atom is -0.375 e. The molecule has 1 amide bonds. The lowest BCUT2D eigenvalue weighted by atomic mass is 9.57. The molecule has 0 unspecified atom stereocenters. The van der Waals surface area contributed by atoms with Crippen LogP contribution in [0, 0.1) is 0 Å². The molecule has 0 spiro atoms. The van der Waals surface area contributed by atoms with E-state index in [1.165, 1.54) is 0 Å². The summed E-state index contributed by atoms with van der Waals surface area (Å²) in [7, 11) is 0. The molecule has 1 saturated heterocycles. The molecule has 0 saturated carbocycles. The molecule has 0 aromatic heterocycles. The number of amides is 1. The zero-order chi connectivity index (χ0) is 17.3. The van der Waals surface area contributed by atoms with E-state index in [-0.39, 0.29) is 12.8 Å². The topological polar surface area (TPSA) is 56.8 Å². The fourth-order valence-corrected chi connectivity index (χ4v) is 2.68. The minimum atomic E-state index is -0.101. The van der Waals surface area contributed by atoms with Gasteiger partial charge in [0.2, 0.25) is 0 Å². The first-order valence-corrected chi connectivity index (χ1v) is 8.61. The lowest BCUT2D eigenvalue weighted by Crippen LogP contribution is -2.37. The van der Waals surface area contributed by atoms with Gasteiger partial charge in [0.25, 0.3) is 5.91 Å². The Labute approximate surface area is 148 Å². The maximum Gasteiger partial charge on any atom is 0.372 e. The van der Waals surface area contributed by atoms with E-state index in [9.17, 15) is 4.79 Å². The quantitative estimate of drug-likeness (QED) is 0.477. The Balaban J connectivity index is 1.39. The van der Waals surface area contributed by atoms with Gasteiger partial charge in [-0.25, -0.2) is 0 Å². The Hall–Kier alpha value is -2.15. The number of hydrogen-bond acceptors (Lipinski definition) is 4. The first kappa shape index (κ1) is 17.7. The lowest BCUT2D eigenvalue weighted by Gasteiger charge is -2.18. The largest absolute Gasteiger partial charge is 0.375 e. The number of rotatable bonds is 7. The van der Waals surface area contributed by atoms with Crippen LogP contribution in [0.25, 0.3) is 0 Å². The number of hydrogen-bond donors (Lipinski definition) is 1. The van der Waals surface area contributed by atoms with E-state index in [1.54, 1.807) is 0 Å². The van der Waals surface area contributed by atoms with Gasteiger partial charge in [-0.1, -0.05) is 42.5 Å². The maximum atomic E-state index is 12.1. The molecule has 0 bridgehead atoms. The molecular weight excluding hydrogens is 317 g/mol.